The van der Waals surface area contributed by atoms with E-state index in [2.05, 4.69) is 19.9 Å². The van der Waals surface area contributed by atoms with Crippen LogP contribution < -0.4 is 4.74 Å². The van der Waals surface area contributed by atoms with Crippen molar-refractivity contribution in [3.63, 3.8) is 0 Å². The average Bonchev–Trinajstić information content (AvgIpc) is 2.77. The Morgan fingerprint density at radius 1 is 1.06 bits per heavy atom. The molecule has 0 N–H and O–H groups in total. The summed E-state index contributed by atoms with van der Waals surface area (Å²) in [4.78, 5) is 29.1. The largest absolute Gasteiger partial charge is 0.436 e. The Kier molecular flexibility index (Phi) is 5.95. The number of rotatable bonds is 6. The monoisotopic (exact) mass is 434 g/mol. The van der Waals surface area contributed by atoms with Gasteiger partial charge in [-0.2, -0.15) is 0 Å². The van der Waals surface area contributed by atoms with Crippen molar-refractivity contribution in [2.75, 3.05) is 0 Å². The quantitative estimate of drug-likeness (QED) is 0.385. The highest BCUT2D eigenvalue weighted by atomic mass is 35.5. The normalized spacial score (nSPS) is 10.7. The highest BCUT2D eigenvalue weighted by molar-refractivity contribution is 6.33. The number of carbonyl (C=O) groups excluding carboxylic acids is 1. The average molecular weight is 435 g/mol. The Morgan fingerprint density at radius 2 is 1.94 bits per heavy atom. The van der Waals surface area contributed by atoms with Gasteiger partial charge in [0.15, 0.2) is 11.6 Å². The summed E-state index contributed by atoms with van der Waals surface area (Å²) in [6, 6.07) is 9.39. The SMILES string of the molecule is Cc1ccncc1C(=O)Cc1cnc(-c2cc(Oc3ncccc3F)ccc2Cl)cn1. The minimum atomic E-state index is -0.573. The van der Waals surface area contributed by atoms with Crippen LogP contribution in [-0.2, 0) is 6.42 Å². The molecule has 0 fully saturated rings. The standard InChI is InChI=1S/C23H16ClFN4O2/c1-14-6-8-26-12-18(14)22(30)9-15-11-29-21(13-28-15)17-10-16(4-5-19(17)24)31-23-20(25)3-2-7-27-23/h2-8,10-13H,9H2,1H3. The number of nitrogens with zero attached hydrogens (tertiary/aromatic N) is 4. The molecule has 0 unspecified atom stereocenters. The van der Waals surface area contributed by atoms with Gasteiger partial charge in [0.1, 0.15) is 5.75 Å². The number of hydrogen-bond acceptors (Lipinski definition) is 6. The van der Waals surface area contributed by atoms with Crippen LogP contribution in [0.4, 0.5) is 4.39 Å². The van der Waals surface area contributed by atoms with Gasteiger partial charge in [0.2, 0.25) is 0 Å². The maximum Gasteiger partial charge on any atom is 0.255 e. The molecule has 31 heavy (non-hydrogen) atoms. The molecule has 0 radical (unpaired) electrons. The Bertz CT molecular complexity index is 1250. The fourth-order valence-corrected chi connectivity index (χ4v) is 3.14. The van der Waals surface area contributed by atoms with Crippen molar-refractivity contribution in [1.29, 1.82) is 0 Å². The van der Waals surface area contributed by atoms with E-state index in [9.17, 15) is 9.18 Å². The van der Waals surface area contributed by atoms with Crippen molar-refractivity contribution in [2.45, 2.75) is 13.3 Å². The van der Waals surface area contributed by atoms with Gasteiger partial charge in [0, 0.05) is 35.9 Å². The molecule has 3 heterocycles. The van der Waals surface area contributed by atoms with Crippen molar-refractivity contribution in [3.05, 3.63) is 95.0 Å². The molecule has 0 saturated carbocycles. The Labute approximate surface area is 182 Å². The summed E-state index contributed by atoms with van der Waals surface area (Å²) in [7, 11) is 0. The lowest BCUT2D eigenvalue weighted by Crippen LogP contribution is -2.08. The first-order valence-corrected chi connectivity index (χ1v) is 9.72. The summed E-state index contributed by atoms with van der Waals surface area (Å²) in [5.74, 6) is -0.443. The highest BCUT2D eigenvalue weighted by Gasteiger charge is 2.13. The number of benzene rings is 1. The fraction of sp³-hybridized carbons (Fsp3) is 0.0870. The van der Waals surface area contributed by atoms with Gasteiger partial charge >= 0.3 is 0 Å². The van der Waals surface area contributed by atoms with Crippen LogP contribution in [0.1, 0.15) is 21.6 Å². The predicted octanol–water partition coefficient (Wildman–Crippen LogP) is 5.25. The molecule has 4 rings (SSSR count). The number of ketones is 1. The van der Waals surface area contributed by atoms with Gasteiger partial charge in [0.05, 0.1) is 29.0 Å². The molecule has 0 saturated heterocycles. The van der Waals surface area contributed by atoms with Gasteiger partial charge in [0.25, 0.3) is 5.88 Å². The summed E-state index contributed by atoms with van der Waals surface area (Å²) in [6.45, 7) is 1.86. The minimum Gasteiger partial charge on any atom is -0.436 e. The second-order valence-corrected chi connectivity index (χ2v) is 7.12. The third-order valence-electron chi connectivity index (χ3n) is 4.54. The number of pyridine rings is 2. The molecule has 0 atom stereocenters. The third-order valence-corrected chi connectivity index (χ3v) is 4.87. The molecule has 1 aromatic carbocycles. The number of carbonyl (C=O) groups is 1. The Morgan fingerprint density at radius 3 is 2.68 bits per heavy atom. The van der Waals surface area contributed by atoms with E-state index in [1.165, 1.54) is 30.7 Å². The summed E-state index contributed by atoms with van der Waals surface area (Å²) < 4.78 is 19.3. The molecule has 0 bridgehead atoms. The highest BCUT2D eigenvalue weighted by Crippen LogP contribution is 2.32. The number of aromatic nitrogens is 4. The molecule has 0 aliphatic carbocycles. The Hall–Kier alpha value is -3.71. The number of aryl methyl sites for hydroxylation is 1. The van der Waals surface area contributed by atoms with E-state index < -0.39 is 5.82 Å². The van der Waals surface area contributed by atoms with E-state index >= 15 is 0 Å². The zero-order valence-corrected chi connectivity index (χ0v) is 17.2. The lowest BCUT2D eigenvalue weighted by atomic mass is 10.0. The van der Waals surface area contributed by atoms with Crippen LogP contribution in [0.25, 0.3) is 11.3 Å². The third kappa shape index (κ3) is 4.73. The van der Waals surface area contributed by atoms with Crippen LogP contribution in [0, 0.1) is 12.7 Å². The van der Waals surface area contributed by atoms with E-state index in [-0.39, 0.29) is 18.1 Å². The fourth-order valence-electron chi connectivity index (χ4n) is 2.92. The lowest BCUT2D eigenvalue weighted by Gasteiger charge is -2.09. The first-order valence-electron chi connectivity index (χ1n) is 9.34. The summed E-state index contributed by atoms with van der Waals surface area (Å²) in [6.07, 6.45) is 7.80. The number of ether oxygens (including phenoxy) is 1. The van der Waals surface area contributed by atoms with Gasteiger partial charge < -0.3 is 4.74 Å². The maximum atomic E-state index is 13.8. The van der Waals surface area contributed by atoms with Gasteiger partial charge in [-0.05, 0) is 48.9 Å². The van der Waals surface area contributed by atoms with Crippen LogP contribution in [0.2, 0.25) is 5.02 Å². The first kappa shape index (κ1) is 20.6. The van der Waals surface area contributed by atoms with E-state index in [4.69, 9.17) is 16.3 Å². The molecule has 3 aromatic heterocycles. The summed E-state index contributed by atoms with van der Waals surface area (Å²) in [5.41, 5.74) is 2.99. The van der Waals surface area contributed by atoms with E-state index in [0.717, 1.165) is 5.56 Å². The maximum absolute atomic E-state index is 13.8. The zero-order chi connectivity index (χ0) is 21.8. The molecule has 154 valence electrons. The van der Waals surface area contributed by atoms with Crippen LogP contribution in [0.3, 0.4) is 0 Å². The van der Waals surface area contributed by atoms with Gasteiger partial charge in [-0.15, -0.1) is 0 Å². The van der Waals surface area contributed by atoms with Gasteiger partial charge in [-0.25, -0.2) is 9.37 Å². The van der Waals surface area contributed by atoms with Crippen molar-refractivity contribution < 1.29 is 13.9 Å². The van der Waals surface area contributed by atoms with Crippen LogP contribution >= 0.6 is 11.6 Å². The molecular weight excluding hydrogens is 419 g/mol. The van der Waals surface area contributed by atoms with Crippen molar-refractivity contribution in [3.8, 4) is 22.9 Å². The number of Topliss-reactive ketones (excluding diaryl/α,β-unsaturated/α-hetero) is 1. The van der Waals surface area contributed by atoms with Crippen molar-refractivity contribution in [1.82, 2.24) is 19.9 Å². The molecule has 0 spiro atoms. The second-order valence-electron chi connectivity index (χ2n) is 6.72. The van der Waals surface area contributed by atoms with E-state index in [1.807, 2.05) is 6.92 Å². The van der Waals surface area contributed by atoms with Crippen LogP contribution in [-0.4, -0.2) is 25.7 Å². The summed E-state index contributed by atoms with van der Waals surface area (Å²) in [5, 5.41) is 0.429. The van der Waals surface area contributed by atoms with Crippen molar-refractivity contribution >= 4 is 17.4 Å². The number of halogens is 2. The predicted molar refractivity (Wildman–Crippen MR) is 114 cm³/mol. The first-order chi connectivity index (χ1) is 15.0. The zero-order valence-electron chi connectivity index (χ0n) is 16.4. The molecule has 0 aliphatic rings. The molecular formula is C23H16ClFN4O2. The van der Waals surface area contributed by atoms with Crippen molar-refractivity contribution in [2.24, 2.45) is 0 Å². The van der Waals surface area contributed by atoms with E-state index in [0.29, 0.717) is 33.3 Å². The Balaban J connectivity index is 1.54. The molecule has 6 nitrogen and oxygen atoms in total. The second kappa shape index (κ2) is 8.97. The smallest absolute Gasteiger partial charge is 0.255 e. The van der Waals surface area contributed by atoms with E-state index in [1.54, 1.807) is 36.7 Å². The number of hydrogen-bond donors (Lipinski definition) is 0. The molecule has 4 aromatic rings. The summed E-state index contributed by atoms with van der Waals surface area (Å²) >= 11 is 6.31. The van der Waals surface area contributed by atoms with Crippen LogP contribution in [0.5, 0.6) is 11.6 Å². The van der Waals surface area contributed by atoms with Gasteiger partial charge in [-0.1, -0.05) is 11.6 Å². The topological polar surface area (TPSA) is 77.9 Å². The van der Waals surface area contributed by atoms with Gasteiger partial charge in [-0.3, -0.25) is 19.7 Å². The minimum absolute atomic E-state index is 0.0848. The van der Waals surface area contributed by atoms with Crippen LogP contribution in [0.15, 0.2) is 67.4 Å². The molecule has 0 amide bonds. The molecule has 8 heteroatoms. The molecule has 0 aliphatic heterocycles. The lowest BCUT2D eigenvalue weighted by molar-refractivity contribution is 0.0991.